The fourth-order valence-corrected chi connectivity index (χ4v) is 4.42. The summed E-state index contributed by atoms with van der Waals surface area (Å²) in [5.74, 6) is 1.30. The SMILES string of the molecule is CC[C@@H](c1nnc(SCC(=O)NC[C@H]2CCCO2)n1Cc1ccccc1)[NH+](C)C. The third-order valence-electron chi connectivity index (χ3n) is 5.23. The maximum absolute atomic E-state index is 12.3. The van der Waals surface area contributed by atoms with Crippen molar-refractivity contribution in [1.29, 1.82) is 0 Å². The molecule has 0 bridgehead atoms. The van der Waals surface area contributed by atoms with Crippen LogP contribution in [-0.2, 0) is 16.1 Å². The molecule has 2 heterocycles. The van der Waals surface area contributed by atoms with Gasteiger partial charge in [-0.05, 0) is 18.4 Å². The minimum Gasteiger partial charge on any atom is -0.376 e. The molecule has 1 fully saturated rings. The highest BCUT2D eigenvalue weighted by atomic mass is 32.2. The maximum atomic E-state index is 12.3. The van der Waals surface area contributed by atoms with Crippen molar-refractivity contribution >= 4 is 17.7 Å². The quantitative estimate of drug-likeness (QED) is 0.569. The van der Waals surface area contributed by atoms with E-state index >= 15 is 0 Å². The van der Waals surface area contributed by atoms with Crippen molar-refractivity contribution in [2.24, 2.45) is 0 Å². The molecular formula is C21H32N5O2S+. The molecule has 2 atom stereocenters. The molecule has 1 aliphatic heterocycles. The zero-order chi connectivity index (χ0) is 20.6. The smallest absolute Gasteiger partial charge is 0.230 e. The van der Waals surface area contributed by atoms with Crippen molar-refractivity contribution in [1.82, 2.24) is 20.1 Å². The fraction of sp³-hybridized carbons (Fsp3) is 0.571. The first kappa shape index (κ1) is 21.8. The second-order valence-electron chi connectivity index (χ2n) is 7.68. The Morgan fingerprint density at radius 1 is 1.34 bits per heavy atom. The van der Waals surface area contributed by atoms with Gasteiger partial charge < -0.3 is 15.0 Å². The van der Waals surface area contributed by atoms with E-state index in [9.17, 15) is 4.79 Å². The molecule has 8 heteroatoms. The van der Waals surface area contributed by atoms with Crippen molar-refractivity contribution < 1.29 is 14.4 Å². The molecule has 0 unspecified atom stereocenters. The zero-order valence-electron chi connectivity index (χ0n) is 17.6. The number of thioether (sulfide) groups is 1. The number of carbonyl (C=O) groups is 1. The Morgan fingerprint density at radius 3 is 2.79 bits per heavy atom. The largest absolute Gasteiger partial charge is 0.376 e. The van der Waals surface area contributed by atoms with Crippen LogP contribution in [0, 0.1) is 0 Å². The molecule has 0 spiro atoms. The number of hydrogen-bond acceptors (Lipinski definition) is 5. The van der Waals surface area contributed by atoms with Gasteiger partial charge in [-0.15, -0.1) is 10.2 Å². The molecule has 2 N–H and O–H groups in total. The average Bonchev–Trinajstić information content (AvgIpc) is 3.37. The summed E-state index contributed by atoms with van der Waals surface area (Å²) in [6, 6.07) is 10.6. The van der Waals surface area contributed by atoms with Crippen LogP contribution in [0.2, 0.25) is 0 Å². The molecule has 158 valence electrons. The molecule has 3 rings (SSSR count). The van der Waals surface area contributed by atoms with Gasteiger partial charge in [-0.25, -0.2) is 0 Å². The van der Waals surface area contributed by atoms with E-state index in [0.717, 1.165) is 36.9 Å². The minimum atomic E-state index is 0.00610. The van der Waals surface area contributed by atoms with E-state index in [2.05, 4.69) is 53.2 Å². The molecule has 1 aromatic heterocycles. The molecule has 0 saturated carbocycles. The molecule has 1 amide bonds. The fourth-order valence-electron chi connectivity index (χ4n) is 3.64. The number of hydrogen-bond donors (Lipinski definition) is 2. The monoisotopic (exact) mass is 418 g/mol. The Bertz CT molecular complexity index is 775. The van der Waals surface area contributed by atoms with E-state index < -0.39 is 0 Å². The van der Waals surface area contributed by atoms with Gasteiger partial charge in [0.1, 0.15) is 6.04 Å². The van der Waals surface area contributed by atoms with Gasteiger partial charge in [0.15, 0.2) is 11.0 Å². The predicted octanol–water partition coefficient (Wildman–Crippen LogP) is 1.31. The molecular weight excluding hydrogens is 386 g/mol. The molecule has 1 aromatic carbocycles. The highest BCUT2D eigenvalue weighted by Gasteiger charge is 2.25. The number of nitrogens with one attached hydrogen (secondary N) is 2. The molecule has 1 saturated heterocycles. The third kappa shape index (κ3) is 6.04. The standard InChI is InChI=1S/C21H31N5O2S/c1-4-18(25(2)3)20-23-24-21(26(20)14-16-9-6-5-7-10-16)29-15-19(27)22-13-17-11-8-12-28-17/h5-7,9-10,17-18H,4,8,11-15H2,1-3H3,(H,22,27)/p+1/t17-,18+/m1/s1. The van der Waals surface area contributed by atoms with Gasteiger partial charge in [0.05, 0.1) is 32.5 Å². The molecule has 0 aliphatic carbocycles. The van der Waals surface area contributed by atoms with Crippen molar-refractivity contribution in [2.45, 2.75) is 50.0 Å². The van der Waals surface area contributed by atoms with Crippen LogP contribution in [0.15, 0.2) is 35.5 Å². The number of benzene rings is 1. The van der Waals surface area contributed by atoms with Gasteiger partial charge in [-0.1, -0.05) is 49.0 Å². The number of carbonyl (C=O) groups excluding carboxylic acids is 1. The Balaban J connectivity index is 1.69. The average molecular weight is 419 g/mol. The highest BCUT2D eigenvalue weighted by molar-refractivity contribution is 7.99. The normalized spacial score (nSPS) is 17.6. The molecule has 29 heavy (non-hydrogen) atoms. The highest BCUT2D eigenvalue weighted by Crippen LogP contribution is 2.22. The van der Waals surface area contributed by atoms with E-state index in [4.69, 9.17) is 4.74 Å². The van der Waals surface area contributed by atoms with E-state index in [-0.39, 0.29) is 18.1 Å². The van der Waals surface area contributed by atoms with Crippen LogP contribution in [0.4, 0.5) is 0 Å². The molecule has 2 aromatic rings. The molecule has 7 nitrogen and oxygen atoms in total. The maximum Gasteiger partial charge on any atom is 0.230 e. The lowest BCUT2D eigenvalue weighted by Crippen LogP contribution is -3.06. The van der Waals surface area contributed by atoms with Crippen LogP contribution in [0.3, 0.4) is 0 Å². The number of rotatable bonds is 10. The van der Waals surface area contributed by atoms with Gasteiger partial charge in [0, 0.05) is 19.6 Å². The number of aromatic nitrogens is 3. The summed E-state index contributed by atoms with van der Waals surface area (Å²) in [5.41, 5.74) is 1.20. The van der Waals surface area contributed by atoms with Gasteiger partial charge >= 0.3 is 0 Å². The van der Waals surface area contributed by atoms with Crippen molar-refractivity contribution in [3.8, 4) is 0 Å². The Labute approximate surface area is 177 Å². The van der Waals surface area contributed by atoms with Crippen LogP contribution in [0.5, 0.6) is 0 Å². The zero-order valence-corrected chi connectivity index (χ0v) is 18.4. The van der Waals surface area contributed by atoms with Crippen LogP contribution in [0.25, 0.3) is 0 Å². The van der Waals surface area contributed by atoms with Crippen molar-refractivity contribution in [3.63, 3.8) is 0 Å². The second kappa shape index (κ2) is 10.8. The Hall–Kier alpha value is -1.90. The van der Waals surface area contributed by atoms with E-state index in [0.29, 0.717) is 18.8 Å². The Morgan fingerprint density at radius 2 is 2.14 bits per heavy atom. The first-order chi connectivity index (χ1) is 14.1. The van der Waals surface area contributed by atoms with Gasteiger partial charge in [-0.3, -0.25) is 9.36 Å². The topological polar surface area (TPSA) is 73.5 Å². The lowest BCUT2D eigenvalue weighted by Gasteiger charge is -2.20. The van der Waals surface area contributed by atoms with E-state index in [1.54, 1.807) is 0 Å². The lowest BCUT2D eigenvalue weighted by molar-refractivity contribution is -0.893. The summed E-state index contributed by atoms with van der Waals surface area (Å²) in [4.78, 5) is 13.6. The van der Waals surface area contributed by atoms with Crippen molar-refractivity contribution in [3.05, 3.63) is 41.7 Å². The number of amides is 1. The van der Waals surface area contributed by atoms with Crippen LogP contribution < -0.4 is 10.2 Å². The summed E-state index contributed by atoms with van der Waals surface area (Å²) < 4.78 is 7.73. The Kier molecular flexibility index (Phi) is 8.09. The second-order valence-corrected chi connectivity index (χ2v) is 8.62. The van der Waals surface area contributed by atoms with Crippen molar-refractivity contribution in [2.75, 3.05) is 33.0 Å². The summed E-state index contributed by atoms with van der Waals surface area (Å²) in [6.07, 6.45) is 3.23. The molecule has 0 radical (unpaired) electrons. The number of quaternary nitrogens is 1. The summed E-state index contributed by atoms with van der Waals surface area (Å²) in [7, 11) is 4.28. The molecule has 1 aliphatic rings. The van der Waals surface area contributed by atoms with Gasteiger partial charge in [0.2, 0.25) is 5.91 Å². The summed E-state index contributed by atoms with van der Waals surface area (Å²) in [5, 5.41) is 12.7. The van der Waals surface area contributed by atoms with Crippen LogP contribution >= 0.6 is 11.8 Å². The van der Waals surface area contributed by atoms with Gasteiger partial charge in [-0.2, -0.15) is 0 Å². The first-order valence-corrected chi connectivity index (χ1v) is 11.3. The van der Waals surface area contributed by atoms with Crippen LogP contribution in [-0.4, -0.2) is 59.8 Å². The lowest BCUT2D eigenvalue weighted by atomic mass is 10.2. The van der Waals surface area contributed by atoms with Gasteiger partial charge in [0.25, 0.3) is 0 Å². The van der Waals surface area contributed by atoms with E-state index in [1.807, 2.05) is 18.2 Å². The van der Waals surface area contributed by atoms with E-state index in [1.165, 1.54) is 22.2 Å². The number of ether oxygens (including phenoxy) is 1. The number of nitrogens with zero attached hydrogens (tertiary/aromatic N) is 3. The van der Waals surface area contributed by atoms with Crippen LogP contribution in [0.1, 0.15) is 43.6 Å². The third-order valence-corrected chi connectivity index (χ3v) is 6.20. The predicted molar refractivity (Wildman–Crippen MR) is 114 cm³/mol. The first-order valence-electron chi connectivity index (χ1n) is 10.4. The minimum absolute atomic E-state index is 0.00610. The summed E-state index contributed by atoms with van der Waals surface area (Å²) in [6.45, 7) is 4.26. The summed E-state index contributed by atoms with van der Waals surface area (Å²) >= 11 is 1.44.